The Morgan fingerprint density at radius 3 is 3.12 bits per heavy atom. The van der Waals surface area contributed by atoms with Crippen LogP contribution in [0.2, 0.25) is 5.15 Å². The Morgan fingerprint density at radius 1 is 1.28 bits per heavy atom. The maximum Gasteiger partial charge on any atom is 0.228 e. The molecule has 6 heteroatoms. The highest BCUT2D eigenvalue weighted by Crippen LogP contribution is 2.22. The molecule has 2 aromatic heterocycles. The van der Waals surface area contributed by atoms with E-state index in [4.69, 9.17) is 11.6 Å². The number of nitrogens with zero attached hydrogens (tertiary/aromatic N) is 1. The zero-order valence-corrected chi connectivity index (χ0v) is 14.5. The normalized spacial score (nSPS) is 14.1. The van der Waals surface area contributed by atoms with Crippen molar-refractivity contribution in [2.24, 2.45) is 0 Å². The van der Waals surface area contributed by atoms with E-state index in [2.05, 4.69) is 32.7 Å². The summed E-state index contributed by atoms with van der Waals surface area (Å²) >= 11 is 5.96. The fourth-order valence-corrected chi connectivity index (χ4v) is 3.47. The molecule has 0 spiro atoms. The lowest BCUT2D eigenvalue weighted by Crippen LogP contribution is -2.15. The third-order valence-corrected chi connectivity index (χ3v) is 4.78. The number of anilines is 1. The van der Waals surface area contributed by atoms with E-state index in [0.29, 0.717) is 5.15 Å². The van der Waals surface area contributed by atoms with Gasteiger partial charge in [-0.2, -0.15) is 0 Å². The van der Waals surface area contributed by atoms with Gasteiger partial charge in [-0.05, 0) is 54.3 Å². The average Bonchev–Trinajstić information content (AvgIpc) is 2.83. The smallest absolute Gasteiger partial charge is 0.228 e. The maximum atomic E-state index is 12.5. The van der Waals surface area contributed by atoms with Crippen molar-refractivity contribution in [2.45, 2.75) is 25.8 Å². The SMILES string of the molecule is O=C(Cc1c[nH]c2cnc(Cl)cc12)Nc1ccc2c(c1)CNCCC2. The Balaban J connectivity index is 1.50. The van der Waals surface area contributed by atoms with Crippen LogP contribution < -0.4 is 10.6 Å². The van der Waals surface area contributed by atoms with Crippen molar-refractivity contribution in [3.63, 3.8) is 0 Å². The van der Waals surface area contributed by atoms with Crippen molar-refractivity contribution < 1.29 is 4.79 Å². The zero-order chi connectivity index (χ0) is 17.2. The molecule has 0 fully saturated rings. The number of aryl methyl sites for hydroxylation is 1. The van der Waals surface area contributed by atoms with Crippen LogP contribution in [0.4, 0.5) is 5.69 Å². The summed E-state index contributed by atoms with van der Waals surface area (Å²) in [6.45, 7) is 1.89. The number of nitrogens with one attached hydrogen (secondary N) is 3. The number of carbonyl (C=O) groups is 1. The van der Waals surface area contributed by atoms with Crippen LogP contribution in [-0.2, 0) is 24.2 Å². The Hall–Kier alpha value is -2.37. The molecule has 0 saturated carbocycles. The number of hydrogen-bond donors (Lipinski definition) is 3. The predicted octanol–water partition coefficient (Wildman–Crippen LogP) is 3.43. The van der Waals surface area contributed by atoms with Gasteiger partial charge >= 0.3 is 0 Å². The van der Waals surface area contributed by atoms with E-state index < -0.39 is 0 Å². The number of hydrogen-bond acceptors (Lipinski definition) is 3. The number of aromatic nitrogens is 2. The van der Waals surface area contributed by atoms with Gasteiger partial charge in [-0.25, -0.2) is 4.98 Å². The van der Waals surface area contributed by atoms with Crippen LogP contribution in [0.5, 0.6) is 0 Å². The number of rotatable bonds is 3. The molecule has 0 unspecified atom stereocenters. The molecule has 0 radical (unpaired) electrons. The molecule has 0 bridgehead atoms. The van der Waals surface area contributed by atoms with E-state index in [0.717, 1.165) is 48.1 Å². The first-order valence-electron chi connectivity index (χ1n) is 8.43. The maximum absolute atomic E-state index is 12.5. The van der Waals surface area contributed by atoms with Crippen molar-refractivity contribution in [2.75, 3.05) is 11.9 Å². The topological polar surface area (TPSA) is 69.8 Å². The van der Waals surface area contributed by atoms with Gasteiger partial charge < -0.3 is 15.6 Å². The van der Waals surface area contributed by atoms with Crippen molar-refractivity contribution in [3.05, 3.63) is 58.5 Å². The lowest BCUT2D eigenvalue weighted by molar-refractivity contribution is -0.115. The molecule has 4 rings (SSSR count). The molecular formula is C19H19ClN4O. The summed E-state index contributed by atoms with van der Waals surface area (Å²) in [6, 6.07) is 7.96. The minimum atomic E-state index is -0.0460. The third kappa shape index (κ3) is 3.52. The van der Waals surface area contributed by atoms with Crippen LogP contribution in [-0.4, -0.2) is 22.4 Å². The van der Waals surface area contributed by atoms with E-state index in [9.17, 15) is 4.79 Å². The largest absolute Gasteiger partial charge is 0.360 e. The van der Waals surface area contributed by atoms with Crippen LogP contribution in [0, 0.1) is 0 Å². The minimum Gasteiger partial charge on any atom is -0.360 e. The number of H-pyrrole nitrogens is 1. The van der Waals surface area contributed by atoms with Gasteiger partial charge in [0.1, 0.15) is 5.15 Å². The van der Waals surface area contributed by atoms with E-state index in [-0.39, 0.29) is 12.3 Å². The molecule has 0 atom stereocenters. The van der Waals surface area contributed by atoms with Gasteiger partial charge in [0, 0.05) is 23.8 Å². The molecule has 3 aromatic rings. The Kier molecular flexibility index (Phi) is 4.42. The van der Waals surface area contributed by atoms with Gasteiger partial charge in [-0.3, -0.25) is 4.79 Å². The lowest BCUT2D eigenvalue weighted by atomic mass is 10.0. The molecule has 0 aliphatic carbocycles. The van der Waals surface area contributed by atoms with E-state index >= 15 is 0 Å². The Morgan fingerprint density at radius 2 is 2.20 bits per heavy atom. The molecular weight excluding hydrogens is 336 g/mol. The zero-order valence-electron chi connectivity index (χ0n) is 13.7. The Labute approximate surface area is 150 Å². The summed E-state index contributed by atoms with van der Waals surface area (Å²) in [5, 5.41) is 7.77. The van der Waals surface area contributed by atoms with Gasteiger partial charge in [0.25, 0.3) is 0 Å². The van der Waals surface area contributed by atoms with Crippen LogP contribution in [0.3, 0.4) is 0 Å². The van der Waals surface area contributed by atoms with Crippen molar-refractivity contribution >= 4 is 34.1 Å². The molecule has 3 heterocycles. The van der Waals surface area contributed by atoms with E-state index in [1.165, 1.54) is 11.1 Å². The van der Waals surface area contributed by atoms with E-state index in [1.807, 2.05) is 12.3 Å². The van der Waals surface area contributed by atoms with Crippen LogP contribution in [0.1, 0.15) is 23.1 Å². The van der Waals surface area contributed by atoms with Crippen LogP contribution in [0.25, 0.3) is 10.9 Å². The number of fused-ring (bicyclic) bond motifs is 2. The van der Waals surface area contributed by atoms with Crippen LogP contribution >= 0.6 is 11.6 Å². The van der Waals surface area contributed by atoms with Gasteiger partial charge in [0.15, 0.2) is 0 Å². The highest BCUT2D eigenvalue weighted by atomic mass is 35.5. The summed E-state index contributed by atoms with van der Waals surface area (Å²) in [5.41, 5.74) is 5.26. The van der Waals surface area contributed by atoms with Gasteiger partial charge in [-0.15, -0.1) is 0 Å². The average molecular weight is 355 g/mol. The molecule has 1 aliphatic heterocycles. The van der Waals surface area contributed by atoms with Gasteiger partial charge in [0.2, 0.25) is 5.91 Å². The highest BCUT2D eigenvalue weighted by Gasteiger charge is 2.12. The lowest BCUT2D eigenvalue weighted by Gasteiger charge is -2.10. The monoisotopic (exact) mass is 354 g/mol. The summed E-state index contributed by atoms with van der Waals surface area (Å²) in [7, 11) is 0. The third-order valence-electron chi connectivity index (χ3n) is 4.57. The first-order chi connectivity index (χ1) is 12.2. The Bertz CT molecular complexity index is 934. The summed E-state index contributed by atoms with van der Waals surface area (Å²) in [4.78, 5) is 19.6. The second-order valence-corrected chi connectivity index (χ2v) is 6.74. The molecule has 1 aliphatic rings. The van der Waals surface area contributed by atoms with Crippen molar-refractivity contribution in [1.29, 1.82) is 0 Å². The number of aromatic amines is 1. The molecule has 0 saturated heterocycles. The van der Waals surface area contributed by atoms with Crippen molar-refractivity contribution in [3.8, 4) is 0 Å². The number of carbonyl (C=O) groups excluding carboxylic acids is 1. The van der Waals surface area contributed by atoms with Gasteiger partial charge in [-0.1, -0.05) is 17.7 Å². The number of benzene rings is 1. The molecule has 25 heavy (non-hydrogen) atoms. The summed E-state index contributed by atoms with van der Waals surface area (Å²) in [5.74, 6) is -0.0460. The second-order valence-electron chi connectivity index (χ2n) is 6.36. The molecule has 3 N–H and O–H groups in total. The molecule has 128 valence electrons. The van der Waals surface area contributed by atoms with Gasteiger partial charge in [0.05, 0.1) is 18.1 Å². The fourth-order valence-electron chi connectivity index (χ4n) is 3.32. The number of pyridine rings is 1. The minimum absolute atomic E-state index is 0.0460. The molecule has 5 nitrogen and oxygen atoms in total. The van der Waals surface area contributed by atoms with Crippen molar-refractivity contribution in [1.82, 2.24) is 15.3 Å². The molecule has 1 amide bonds. The van der Waals surface area contributed by atoms with E-state index in [1.54, 1.807) is 12.3 Å². The number of halogens is 1. The fraction of sp³-hybridized carbons (Fsp3) is 0.263. The summed E-state index contributed by atoms with van der Waals surface area (Å²) < 4.78 is 0. The summed E-state index contributed by atoms with van der Waals surface area (Å²) in [6.07, 6.45) is 6.04. The second kappa shape index (κ2) is 6.86. The van der Waals surface area contributed by atoms with Crippen LogP contribution in [0.15, 0.2) is 36.7 Å². The highest BCUT2D eigenvalue weighted by molar-refractivity contribution is 6.30. The molecule has 1 aromatic carbocycles. The standard InChI is InChI=1S/C19H19ClN4O/c20-18-8-16-14(10-22-17(16)11-23-18)7-19(25)24-15-4-3-12-2-1-5-21-9-13(12)6-15/h3-4,6,8,10-11,21-22H,1-2,5,7,9H2,(H,24,25). The first kappa shape index (κ1) is 16.1. The first-order valence-corrected chi connectivity index (χ1v) is 8.81. The number of amides is 1. The quantitative estimate of drug-likeness (QED) is 0.631. The predicted molar refractivity (Wildman–Crippen MR) is 99.9 cm³/mol.